The fraction of sp³-hybridized carbons (Fsp3) is 0.371. The molecule has 2 fully saturated rings. The number of aromatic nitrogens is 2. The second-order valence-electron chi connectivity index (χ2n) is 12.5. The van der Waals surface area contributed by atoms with Gasteiger partial charge in [0.1, 0.15) is 18.0 Å². The number of piperidine rings is 1. The average molecular weight is 616 g/mol. The number of hydrogen-bond acceptors (Lipinski definition) is 7. The van der Waals surface area contributed by atoms with Crippen LogP contribution in [0.15, 0.2) is 54.9 Å². The molecular weight excluding hydrogens is 581 g/mol. The summed E-state index contributed by atoms with van der Waals surface area (Å²) < 4.78 is 8.28. The van der Waals surface area contributed by atoms with Crippen molar-refractivity contribution in [1.82, 2.24) is 14.6 Å². The molecule has 0 radical (unpaired) electrons. The van der Waals surface area contributed by atoms with Crippen molar-refractivity contribution in [2.75, 3.05) is 19.7 Å². The number of hydrogen-bond donors (Lipinski definition) is 0. The first-order valence-corrected chi connectivity index (χ1v) is 15.3. The van der Waals surface area contributed by atoms with E-state index in [0.29, 0.717) is 66.2 Å². The molecule has 2 aliphatic heterocycles. The zero-order chi connectivity index (χ0) is 30.6. The first-order valence-electron chi connectivity index (χ1n) is 15.3. The van der Waals surface area contributed by atoms with E-state index in [1.807, 2.05) is 36.2 Å². The summed E-state index contributed by atoms with van der Waals surface area (Å²) in [5.41, 5.74) is 4.07. The van der Waals surface area contributed by atoms with E-state index in [9.17, 15) is 19.5 Å². The Hall–Kier alpha value is -3.66. The van der Waals surface area contributed by atoms with Crippen LogP contribution in [0.3, 0.4) is 0 Å². The Morgan fingerprint density at radius 2 is 1.84 bits per heavy atom. The number of Topliss-reactive ketones (excluding diaryl/α,β-unsaturated/α-hetero) is 1. The SMILES string of the molecule is Cc1ncc(-c2ccc3c(c2)C(=O)CC2(CCN(C(=O)c4ccc5c(C)cn(OCCC6CC6)c5c4)CC2)O3)cc1C(=O)[O-].[Na+]. The second-order valence-corrected chi connectivity index (χ2v) is 12.5. The predicted octanol–water partition coefficient (Wildman–Crippen LogP) is 1.56. The van der Waals surface area contributed by atoms with Crippen molar-refractivity contribution >= 4 is 28.6 Å². The van der Waals surface area contributed by atoms with Crippen LogP contribution in [-0.4, -0.2) is 57.6 Å². The molecule has 0 atom stereocenters. The zero-order valence-electron chi connectivity index (χ0n) is 25.9. The van der Waals surface area contributed by atoms with E-state index in [2.05, 4.69) is 4.98 Å². The molecular formula is C35H34N3NaO6. The minimum Gasteiger partial charge on any atom is -0.545 e. The molecule has 0 bridgehead atoms. The fourth-order valence-electron chi connectivity index (χ4n) is 6.48. The van der Waals surface area contributed by atoms with Gasteiger partial charge in [-0.1, -0.05) is 25.0 Å². The third-order valence-corrected chi connectivity index (χ3v) is 9.36. The van der Waals surface area contributed by atoms with Crippen molar-refractivity contribution in [3.8, 4) is 16.9 Å². The molecule has 7 rings (SSSR count). The Kier molecular flexibility index (Phi) is 8.54. The van der Waals surface area contributed by atoms with Crippen molar-refractivity contribution in [2.24, 2.45) is 5.92 Å². The van der Waals surface area contributed by atoms with E-state index in [1.54, 1.807) is 36.1 Å². The molecule has 1 spiro atoms. The summed E-state index contributed by atoms with van der Waals surface area (Å²) in [5, 5.41) is 12.5. The number of likely N-dealkylation sites (tertiary alicyclic amines) is 1. The summed E-state index contributed by atoms with van der Waals surface area (Å²) in [7, 11) is 0. The van der Waals surface area contributed by atoms with E-state index < -0.39 is 11.6 Å². The van der Waals surface area contributed by atoms with Crippen molar-refractivity contribution < 1.29 is 58.6 Å². The van der Waals surface area contributed by atoms with Gasteiger partial charge in [-0.15, -0.1) is 0 Å². The van der Waals surface area contributed by atoms with Crippen LogP contribution in [0, 0.1) is 19.8 Å². The number of amides is 1. The smallest absolute Gasteiger partial charge is 0.545 e. The van der Waals surface area contributed by atoms with Crippen LogP contribution in [0.1, 0.15) is 80.9 Å². The molecule has 1 amide bonds. The first-order chi connectivity index (χ1) is 21.2. The molecule has 45 heavy (non-hydrogen) atoms. The number of carboxylic acids is 1. The Bertz CT molecular complexity index is 1820. The molecule has 1 saturated heterocycles. The van der Waals surface area contributed by atoms with Gasteiger partial charge in [0.05, 0.1) is 23.5 Å². The van der Waals surface area contributed by atoms with Crippen LogP contribution >= 0.6 is 0 Å². The fourth-order valence-corrected chi connectivity index (χ4v) is 6.48. The number of carboxylic acid groups (broad SMARTS) is 1. The van der Waals surface area contributed by atoms with Gasteiger partial charge >= 0.3 is 29.6 Å². The van der Waals surface area contributed by atoms with Gasteiger partial charge < -0.3 is 24.4 Å². The molecule has 10 heteroatoms. The summed E-state index contributed by atoms with van der Waals surface area (Å²) in [5.74, 6) is -0.0704. The number of aromatic carboxylic acids is 1. The molecule has 226 valence electrons. The van der Waals surface area contributed by atoms with E-state index >= 15 is 0 Å². The van der Waals surface area contributed by atoms with Gasteiger partial charge in [-0.25, -0.2) is 0 Å². The summed E-state index contributed by atoms with van der Waals surface area (Å²) in [6, 6.07) is 12.6. The van der Waals surface area contributed by atoms with Crippen molar-refractivity contribution in [3.05, 3.63) is 82.8 Å². The van der Waals surface area contributed by atoms with Crippen LogP contribution in [0.5, 0.6) is 5.75 Å². The van der Waals surface area contributed by atoms with E-state index in [4.69, 9.17) is 9.57 Å². The maximum Gasteiger partial charge on any atom is 1.00 e. The molecule has 0 unspecified atom stereocenters. The number of rotatable bonds is 7. The Morgan fingerprint density at radius 1 is 1.07 bits per heavy atom. The molecule has 4 aromatic rings. The number of carbonyl (C=O) groups is 3. The van der Waals surface area contributed by atoms with Gasteiger partial charge in [0.15, 0.2) is 5.78 Å². The third-order valence-electron chi connectivity index (χ3n) is 9.36. The van der Waals surface area contributed by atoms with Crippen LogP contribution < -0.4 is 44.2 Å². The van der Waals surface area contributed by atoms with E-state index in [0.717, 1.165) is 28.8 Å². The summed E-state index contributed by atoms with van der Waals surface area (Å²) >= 11 is 0. The Morgan fingerprint density at radius 3 is 2.58 bits per heavy atom. The number of ether oxygens (including phenoxy) is 1. The zero-order valence-corrected chi connectivity index (χ0v) is 27.9. The maximum absolute atomic E-state index is 13.6. The molecule has 4 heterocycles. The average Bonchev–Trinajstić information content (AvgIpc) is 3.79. The number of fused-ring (bicyclic) bond motifs is 2. The molecule has 0 N–H and O–H groups in total. The number of pyridine rings is 1. The molecule has 1 aliphatic carbocycles. The molecule has 9 nitrogen and oxygen atoms in total. The predicted molar refractivity (Wildman–Crippen MR) is 162 cm³/mol. The topological polar surface area (TPSA) is 114 Å². The largest absolute Gasteiger partial charge is 1.00 e. The summed E-state index contributed by atoms with van der Waals surface area (Å²) in [4.78, 5) is 50.5. The maximum atomic E-state index is 13.6. The monoisotopic (exact) mass is 615 g/mol. The molecule has 1 saturated carbocycles. The van der Waals surface area contributed by atoms with Crippen LogP contribution in [0.2, 0.25) is 0 Å². The van der Waals surface area contributed by atoms with Crippen LogP contribution in [0.4, 0.5) is 0 Å². The van der Waals surface area contributed by atoms with Crippen LogP contribution in [-0.2, 0) is 0 Å². The number of nitrogens with zero attached hydrogens (tertiary/aromatic N) is 3. The van der Waals surface area contributed by atoms with Gasteiger partial charge in [-0.2, -0.15) is 4.73 Å². The van der Waals surface area contributed by atoms with E-state index in [1.165, 1.54) is 18.9 Å². The van der Waals surface area contributed by atoms with Gasteiger partial charge in [-0.3, -0.25) is 14.6 Å². The van der Waals surface area contributed by atoms with Gasteiger partial charge in [0.2, 0.25) is 0 Å². The normalized spacial score (nSPS) is 17.0. The number of aryl methyl sites for hydroxylation is 2. The quantitative estimate of drug-likeness (QED) is 0.290. The van der Waals surface area contributed by atoms with E-state index in [-0.39, 0.29) is 53.2 Å². The van der Waals surface area contributed by atoms with Gasteiger partial charge in [0.25, 0.3) is 5.91 Å². The number of benzene rings is 2. The summed E-state index contributed by atoms with van der Waals surface area (Å²) in [6.45, 7) is 5.29. The second kappa shape index (κ2) is 12.3. The minimum atomic E-state index is -1.29. The van der Waals surface area contributed by atoms with Crippen molar-refractivity contribution in [3.63, 3.8) is 0 Å². The Labute approximate surface area is 283 Å². The number of ketones is 1. The summed E-state index contributed by atoms with van der Waals surface area (Å²) in [6.07, 6.45) is 8.52. The number of carbonyl (C=O) groups excluding carboxylic acids is 3. The van der Waals surface area contributed by atoms with Crippen molar-refractivity contribution in [2.45, 2.75) is 58.0 Å². The molecule has 2 aromatic carbocycles. The van der Waals surface area contributed by atoms with Gasteiger partial charge in [-0.05, 0) is 67.6 Å². The van der Waals surface area contributed by atoms with Crippen molar-refractivity contribution in [1.29, 1.82) is 0 Å². The van der Waals surface area contributed by atoms with Gasteiger partial charge in [0, 0.05) is 66.1 Å². The molecule has 3 aliphatic rings. The molecule has 2 aromatic heterocycles. The third kappa shape index (κ3) is 6.13. The Balaban J connectivity index is 0.00000357. The van der Waals surface area contributed by atoms with Crippen LogP contribution in [0.25, 0.3) is 22.0 Å². The standard InChI is InChI=1S/C35H35N3O6.Na/c1-21-20-38(43-14-9-23-3-4-23)30-17-25(5-7-27(21)30)33(40)37-12-10-35(11-13-37)18-31(39)29-15-24(6-8-32(29)44-35)26-16-28(34(41)42)22(2)36-19-26;/h5-8,15-17,19-20,23H,3-4,9-14,18H2,1-2H3,(H,41,42);/q;+1/p-1. The first kappa shape index (κ1) is 31.3. The minimum absolute atomic E-state index is 0.